The number of alkyl halides is 1. The number of carbonyl (C=O) groups is 2. The van der Waals surface area contributed by atoms with E-state index in [1.165, 1.54) is 18.5 Å². The van der Waals surface area contributed by atoms with Gasteiger partial charge in [0.25, 0.3) is 11.8 Å². The Morgan fingerprint density at radius 2 is 1.66 bits per heavy atom. The van der Waals surface area contributed by atoms with Gasteiger partial charge in [0.05, 0.1) is 29.6 Å². The normalized spacial score (nSPS) is 13.0. The van der Waals surface area contributed by atoms with Crippen molar-refractivity contribution in [1.82, 2.24) is 14.9 Å². The van der Waals surface area contributed by atoms with E-state index in [2.05, 4.69) is 9.97 Å². The molecule has 0 saturated heterocycles. The van der Waals surface area contributed by atoms with Gasteiger partial charge in [-0.15, -0.1) is 0 Å². The van der Waals surface area contributed by atoms with Crippen molar-refractivity contribution in [1.29, 1.82) is 0 Å². The Bertz CT molecular complexity index is 1070. The SMILES string of the molecule is O=C1c2ccccc2C(=O)N1Cc1cc(OCc2cncc(CF)c2)c(F)cn1. The number of aromatic nitrogens is 2. The van der Waals surface area contributed by atoms with Crippen LogP contribution in [0.1, 0.15) is 37.5 Å². The third-order valence-corrected chi connectivity index (χ3v) is 4.48. The largest absolute Gasteiger partial charge is 0.486 e. The van der Waals surface area contributed by atoms with Gasteiger partial charge in [0.15, 0.2) is 11.6 Å². The fourth-order valence-corrected chi connectivity index (χ4v) is 3.06. The second-order valence-corrected chi connectivity index (χ2v) is 6.47. The van der Waals surface area contributed by atoms with Crippen LogP contribution in [0.25, 0.3) is 0 Å². The maximum Gasteiger partial charge on any atom is 0.261 e. The highest BCUT2D eigenvalue weighted by Crippen LogP contribution is 2.25. The number of fused-ring (bicyclic) bond motifs is 1. The Balaban J connectivity index is 1.50. The summed E-state index contributed by atoms with van der Waals surface area (Å²) in [4.78, 5) is 33.9. The first-order chi connectivity index (χ1) is 14.1. The van der Waals surface area contributed by atoms with Crippen LogP contribution in [0.15, 0.2) is 55.0 Å². The van der Waals surface area contributed by atoms with Crippen LogP contribution in [0.5, 0.6) is 5.75 Å². The molecule has 4 rings (SSSR count). The monoisotopic (exact) mass is 395 g/mol. The summed E-state index contributed by atoms with van der Waals surface area (Å²) >= 11 is 0. The maximum absolute atomic E-state index is 14.1. The summed E-state index contributed by atoms with van der Waals surface area (Å²) in [6.45, 7) is -0.787. The first kappa shape index (κ1) is 18.7. The number of rotatable bonds is 6. The fraction of sp³-hybridized carbons (Fsp3) is 0.143. The molecule has 0 N–H and O–H groups in total. The molecule has 0 aliphatic carbocycles. The molecule has 146 valence electrons. The molecule has 8 heteroatoms. The first-order valence-corrected chi connectivity index (χ1v) is 8.78. The lowest BCUT2D eigenvalue weighted by Crippen LogP contribution is -2.29. The lowest BCUT2D eigenvalue weighted by Gasteiger charge is -2.14. The summed E-state index contributed by atoms with van der Waals surface area (Å²) in [5.41, 5.74) is 1.94. The molecule has 1 aliphatic rings. The van der Waals surface area contributed by atoms with Gasteiger partial charge in [0.2, 0.25) is 0 Å². The Morgan fingerprint density at radius 3 is 2.34 bits per heavy atom. The van der Waals surface area contributed by atoms with E-state index in [4.69, 9.17) is 4.74 Å². The van der Waals surface area contributed by atoms with E-state index in [9.17, 15) is 18.4 Å². The van der Waals surface area contributed by atoms with Gasteiger partial charge in [-0.3, -0.25) is 24.5 Å². The van der Waals surface area contributed by atoms with Gasteiger partial charge in [-0.1, -0.05) is 12.1 Å². The van der Waals surface area contributed by atoms with E-state index in [1.807, 2.05) is 0 Å². The topological polar surface area (TPSA) is 72.4 Å². The second-order valence-electron chi connectivity index (χ2n) is 6.47. The van der Waals surface area contributed by atoms with Crippen molar-refractivity contribution in [3.63, 3.8) is 0 Å². The Labute approximate surface area is 164 Å². The number of imide groups is 1. The number of pyridine rings is 2. The zero-order valence-electron chi connectivity index (χ0n) is 15.1. The molecule has 29 heavy (non-hydrogen) atoms. The smallest absolute Gasteiger partial charge is 0.261 e. The summed E-state index contributed by atoms with van der Waals surface area (Å²) < 4.78 is 32.3. The highest BCUT2D eigenvalue weighted by atomic mass is 19.1. The summed E-state index contributed by atoms with van der Waals surface area (Å²) in [5, 5.41) is 0. The summed E-state index contributed by atoms with van der Waals surface area (Å²) in [6.07, 6.45) is 3.87. The van der Waals surface area contributed by atoms with Crippen LogP contribution in [0.2, 0.25) is 0 Å². The standard InChI is InChI=1S/C21H15F2N3O3/c22-7-13-5-14(9-24-8-13)12-29-19-6-15(25-10-18(19)23)11-26-20(27)16-3-1-2-4-17(16)21(26)28/h1-6,8-10H,7,11-12H2. The van der Waals surface area contributed by atoms with Crippen molar-refractivity contribution in [2.75, 3.05) is 0 Å². The molecular formula is C21H15F2N3O3. The zero-order chi connectivity index (χ0) is 20.4. The molecule has 0 fully saturated rings. The number of nitrogens with zero attached hydrogens (tertiary/aromatic N) is 3. The van der Waals surface area contributed by atoms with Gasteiger partial charge in [-0.05, 0) is 18.2 Å². The van der Waals surface area contributed by atoms with Crippen LogP contribution in [-0.4, -0.2) is 26.7 Å². The number of amides is 2. The van der Waals surface area contributed by atoms with E-state index in [0.29, 0.717) is 27.9 Å². The minimum absolute atomic E-state index is 0.0196. The van der Waals surface area contributed by atoms with Gasteiger partial charge in [-0.25, -0.2) is 8.78 Å². The van der Waals surface area contributed by atoms with Crippen molar-refractivity contribution < 1.29 is 23.1 Å². The van der Waals surface area contributed by atoms with E-state index in [1.54, 1.807) is 30.3 Å². The molecule has 2 aromatic heterocycles. The number of hydrogen-bond acceptors (Lipinski definition) is 5. The molecule has 3 heterocycles. The van der Waals surface area contributed by atoms with Crippen LogP contribution < -0.4 is 4.74 Å². The molecule has 0 spiro atoms. The van der Waals surface area contributed by atoms with Gasteiger partial charge in [0, 0.05) is 29.6 Å². The molecule has 0 saturated carbocycles. The molecule has 1 aromatic carbocycles. The van der Waals surface area contributed by atoms with Crippen molar-refractivity contribution in [3.05, 3.63) is 88.8 Å². The highest BCUT2D eigenvalue weighted by molar-refractivity contribution is 6.21. The quantitative estimate of drug-likeness (QED) is 0.598. The summed E-state index contributed by atoms with van der Waals surface area (Å²) in [6, 6.07) is 9.45. The first-order valence-electron chi connectivity index (χ1n) is 8.78. The van der Waals surface area contributed by atoms with Crippen LogP contribution >= 0.6 is 0 Å². The van der Waals surface area contributed by atoms with Crippen molar-refractivity contribution in [2.45, 2.75) is 19.8 Å². The minimum Gasteiger partial charge on any atom is -0.486 e. The lowest BCUT2D eigenvalue weighted by molar-refractivity contribution is 0.0640. The van der Waals surface area contributed by atoms with Gasteiger partial charge in [-0.2, -0.15) is 0 Å². The molecule has 1 aliphatic heterocycles. The van der Waals surface area contributed by atoms with Gasteiger partial charge < -0.3 is 4.74 Å². The molecule has 3 aromatic rings. The maximum atomic E-state index is 14.1. The van der Waals surface area contributed by atoms with E-state index in [-0.39, 0.29) is 18.9 Å². The average molecular weight is 395 g/mol. The minimum atomic E-state index is -0.689. The molecule has 0 unspecified atom stereocenters. The molecule has 2 amide bonds. The van der Waals surface area contributed by atoms with Gasteiger partial charge >= 0.3 is 0 Å². The van der Waals surface area contributed by atoms with E-state index in [0.717, 1.165) is 11.1 Å². The lowest BCUT2D eigenvalue weighted by atomic mass is 10.1. The zero-order valence-corrected chi connectivity index (χ0v) is 15.1. The molecule has 0 atom stereocenters. The fourth-order valence-electron chi connectivity index (χ4n) is 3.06. The molecule has 6 nitrogen and oxygen atoms in total. The molecule has 0 radical (unpaired) electrons. The predicted octanol–water partition coefficient (Wildman–Crippen LogP) is 3.46. The van der Waals surface area contributed by atoms with Crippen molar-refractivity contribution in [2.24, 2.45) is 0 Å². The van der Waals surface area contributed by atoms with Crippen LogP contribution in [0, 0.1) is 5.82 Å². The second kappa shape index (κ2) is 7.75. The van der Waals surface area contributed by atoms with Gasteiger partial charge in [0.1, 0.15) is 13.3 Å². The van der Waals surface area contributed by atoms with E-state index < -0.39 is 24.3 Å². The number of hydrogen-bond donors (Lipinski definition) is 0. The Hall–Kier alpha value is -3.68. The molecule has 0 bridgehead atoms. The van der Waals surface area contributed by atoms with E-state index >= 15 is 0 Å². The number of halogens is 2. The van der Waals surface area contributed by atoms with Crippen LogP contribution in [0.4, 0.5) is 8.78 Å². The van der Waals surface area contributed by atoms with Crippen molar-refractivity contribution in [3.8, 4) is 5.75 Å². The Morgan fingerprint density at radius 1 is 0.966 bits per heavy atom. The predicted molar refractivity (Wildman–Crippen MR) is 98.2 cm³/mol. The number of benzene rings is 1. The molecular weight excluding hydrogens is 380 g/mol. The van der Waals surface area contributed by atoms with Crippen LogP contribution in [0.3, 0.4) is 0 Å². The summed E-state index contributed by atoms with van der Waals surface area (Å²) in [7, 11) is 0. The van der Waals surface area contributed by atoms with Crippen LogP contribution in [-0.2, 0) is 19.8 Å². The third kappa shape index (κ3) is 3.69. The summed E-state index contributed by atoms with van der Waals surface area (Å²) in [5.74, 6) is -1.62. The number of carbonyl (C=O) groups excluding carboxylic acids is 2. The number of ether oxygens (including phenoxy) is 1. The highest BCUT2D eigenvalue weighted by Gasteiger charge is 2.35. The van der Waals surface area contributed by atoms with Crippen molar-refractivity contribution >= 4 is 11.8 Å². The average Bonchev–Trinajstić information content (AvgIpc) is 2.99. The third-order valence-electron chi connectivity index (χ3n) is 4.48. The Kier molecular flexibility index (Phi) is 4.99.